The Labute approximate surface area is 80.7 Å². The van der Waals surface area contributed by atoms with Crippen LogP contribution >= 0.6 is 0 Å². The largest absolute Gasteiger partial charge is 0.317 e. The molecule has 0 radical (unpaired) electrons. The van der Waals surface area contributed by atoms with E-state index in [0.717, 1.165) is 5.92 Å². The summed E-state index contributed by atoms with van der Waals surface area (Å²) in [5, 5.41) is 10.5. The van der Waals surface area contributed by atoms with E-state index in [1.54, 1.807) is 0 Å². The molecule has 2 heterocycles. The average molecular weight is 183 g/mol. The lowest BCUT2D eigenvalue weighted by Gasteiger charge is -2.24. The molecule has 2 aliphatic heterocycles. The molecule has 2 saturated heterocycles. The van der Waals surface area contributed by atoms with Gasteiger partial charge < -0.3 is 16.0 Å². The first kappa shape index (κ1) is 9.44. The standard InChI is InChI=1S/C10H21N3/c1-2-10(12-5-1)13-8-9-3-6-11-7-4-9/h9-13H,1-8H2. The normalized spacial score (nSPS) is 30.9. The Morgan fingerprint density at radius 2 is 1.92 bits per heavy atom. The van der Waals surface area contributed by atoms with E-state index < -0.39 is 0 Å². The minimum atomic E-state index is 0.606. The Balaban J connectivity index is 1.60. The van der Waals surface area contributed by atoms with Gasteiger partial charge in [0.2, 0.25) is 0 Å². The van der Waals surface area contributed by atoms with Crippen molar-refractivity contribution in [3.8, 4) is 0 Å². The molecule has 0 amide bonds. The second-order valence-corrected chi connectivity index (χ2v) is 4.25. The Morgan fingerprint density at radius 1 is 1.08 bits per heavy atom. The van der Waals surface area contributed by atoms with Crippen LogP contribution in [0.2, 0.25) is 0 Å². The molecule has 3 N–H and O–H groups in total. The predicted molar refractivity (Wildman–Crippen MR) is 54.6 cm³/mol. The van der Waals surface area contributed by atoms with E-state index in [0.29, 0.717) is 6.17 Å². The van der Waals surface area contributed by atoms with E-state index in [2.05, 4.69) is 16.0 Å². The molecule has 1 unspecified atom stereocenters. The maximum absolute atomic E-state index is 3.61. The molecule has 76 valence electrons. The van der Waals surface area contributed by atoms with Crippen molar-refractivity contribution in [2.75, 3.05) is 26.2 Å². The first-order valence-electron chi connectivity index (χ1n) is 5.62. The summed E-state index contributed by atoms with van der Waals surface area (Å²) in [5.41, 5.74) is 0. The van der Waals surface area contributed by atoms with Crippen molar-refractivity contribution >= 4 is 0 Å². The summed E-state index contributed by atoms with van der Waals surface area (Å²) >= 11 is 0. The van der Waals surface area contributed by atoms with E-state index in [4.69, 9.17) is 0 Å². The van der Waals surface area contributed by atoms with Crippen LogP contribution in [-0.4, -0.2) is 32.3 Å². The third-order valence-corrected chi connectivity index (χ3v) is 3.17. The molecule has 0 bridgehead atoms. The van der Waals surface area contributed by atoms with Crippen LogP contribution in [-0.2, 0) is 0 Å². The van der Waals surface area contributed by atoms with E-state index >= 15 is 0 Å². The van der Waals surface area contributed by atoms with Gasteiger partial charge in [0.25, 0.3) is 0 Å². The molecule has 2 fully saturated rings. The second-order valence-electron chi connectivity index (χ2n) is 4.25. The molecule has 1 atom stereocenters. The average Bonchev–Trinajstić information content (AvgIpc) is 2.69. The monoisotopic (exact) mass is 183 g/mol. The van der Waals surface area contributed by atoms with Crippen molar-refractivity contribution in [1.82, 2.24) is 16.0 Å². The molecule has 0 saturated carbocycles. The van der Waals surface area contributed by atoms with Crippen LogP contribution in [0.5, 0.6) is 0 Å². The van der Waals surface area contributed by atoms with Gasteiger partial charge in [-0.15, -0.1) is 0 Å². The van der Waals surface area contributed by atoms with Gasteiger partial charge in [0, 0.05) is 0 Å². The number of piperidine rings is 1. The first-order valence-corrected chi connectivity index (χ1v) is 5.62. The third kappa shape index (κ3) is 2.93. The number of hydrogen-bond acceptors (Lipinski definition) is 3. The highest BCUT2D eigenvalue weighted by molar-refractivity contribution is 4.76. The van der Waals surface area contributed by atoms with Gasteiger partial charge in [-0.05, 0) is 57.8 Å². The van der Waals surface area contributed by atoms with E-state index in [9.17, 15) is 0 Å². The molecule has 2 aliphatic rings. The molecule has 0 aromatic carbocycles. The fraction of sp³-hybridized carbons (Fsp3) is 1.00. The summed E-state index contributed by atoms with van der Waals surface area (Å²) in [5.74, 6) is 0.906. The fourth-order valence-electron chi connectivity index (χ4n) is 2.25. The molecule has 2 rings (SSSR count). The van der Waals surface area contributed by atoms with Gasteiger partial charge in [-0.25, -0.2) is 0 Å². The lowest BCUT2D eigenvalue weighted by molar-refractivity contribution is 0.333. The van der Waals surface area contributed by atoms with Crippen molar-refractivity contribution < 1.29 is 0 Å². The Kier molecular flexibility index (Phi) is 3.58. The quantitative estimate of drug-likeness (QED) is 0.588. The molecular formula is C10H21N3. The van der Waals surface area contributed by atoms with Crippen LogP contribution in [0.1, 0.15) is 25.7 Å². The molecule has 0 aromatic heterocycles. The second kappa shape index (κ2) is 4.94. The van der Waals surface area contributed by atoms with Crippen LogP contribution in [0.25, 0.3) is 0 Å². The molecule has 0 aliphatic carbocycles. The van der Waals surface area contributed by atoms with Crippen LogP contribution < -0.4 is 16.0 Å². The molecule has 0 spiro atoms. The Morgan fingerprint density at radius 3 is 2.62 bits per heavy atom. The van der Waals surface area contributed by atoms with Crippen LogP contribution in [0.4, 0.5) is 0 Å². The summed E-state index contributed by atoms with van der Waals surface area (Å²) < 4.78 is 0. The SMILES string of the molecule is C1CNC(NCC2CCNCC2)C1. The van der Waals surface area contributed by atoms with Crippen molar-refractivity contribution in [3.63, 3.8) is 0 Å². The zero-order valence-electron chi connectivity index (χ0n) is 8.31. The van der Waals surface area contributed by atoms with E-state index in [-0.39, 0.29) is 0 Å². The molecule has 13 heavy (non-hydrogen) atoms. The topological polar surface area (TPSA) is 36.1 Å². The Bertz CT molecular complexity index is 137. The number of nitrogens with one attached hydrogen (secondary N) is 3. The lowest BCUT2D eigenvalue weighted by atomic mass is 9.98. The molecule has 0 aromatic rings. The van der Waals surface area contributed by atoms with Crippen LogP contribution in [0, 0.1) is 5.92 Å². The molecule has 3 nitrogen and oxygen atoms in total. The van der Waals surface area contributed by atoms with Crippen LogP contribution in [0.3, 0.4) is 0 Å². The predicted octanol–water partition coefficient (Wildman–Crippen LogP) is 0.285. The number of hydrogen-bond donors (Lipinski definition) is 3. The maximum atomic E-state index is 3.61. The smallest absolute Gasteiger partial charge is 0.0572 e. The van der Waals surface area contributed by atoms with Gasteiger partial charge in [0.1, 0.15) is 0 Å². The van der Waals surface area contributed by atoms with Gasteiger partial charge in [0.05, 0.1) is 6.17 Å². The zero-order chi connectivity index (χ0) is 8.93. The summed E-state index contributed by atoms with van der Waals surface area (Å²) in [4.78, 5) is 0. The first-order chi connectivity index (χ1) is 6.45. The highest BCUT2D eigenvalue weighted by atomic mass is 15.1. The summed E-state index contributed by atoms with van der Waals surface area (Å²) in [6.07, 6.45) is 5.95. The van der Waals surface area contributed by atoms with Crippen LogP contribution in [0.15, 0.2) is 0 Å². The molecular weight excluding hydrogens is 162 g/mol. The van der Waals surface area contributed by atoms with Gasteiger partial charge in [-0.2, -0.15) is 0 Å². The Hall–Kier alpha value is -0.120. The third-order valence-electron chi connectivity index (χ3n) is 3.17. The maximum Gasteiger partial charge on any atom is 0.0572 e. The van der Waals surface area contributed by atoms with Gasteiger partial charge >= 0.3 is 0 Å². The number of rotatable bonds is 3. The molecule has 3 heteroatoms. The van der Waals surface area contributed by atoms with Gasteiger partial charge in [-0.3, -0.25) is 0 Å². The fourth-order valence-corrected chi connectivity index (χ4v) is 2.25. The minimum absolute atomic E-state index is 0.606. The summed E-state index contributed by atoms with van der Waals surface area (Å²) in [6, 6.07) is 0. The highest BCUT2D eigenvalue weighted by Gasteiger charge is 2.17. The van der Waals surface area contributed by atoms with Crippen molar-refractivity contribution in [1.29, 1.82) is 0 Å². The van der Waals surface area contributed by atoms with E-state index in [1.165, 1.54) is 51.9 Å². The minimum Gasteiger partial charge on any atom is -0.317 e. The summed E-state index contributed by atoms with van der Waals surface area (Å²) in [7, 11) is 0. The van der Waals surface area contributed by atoms with Crippen molar-refractivity contribution in [2.24, 2.45) is 5.92 Å². The lowest BCUT2D eigenvalue weighted by Crippen LogP contribution is -2.42. The van der Waals surface area contributed by atoms with Gasteiger partial charge in [0.15, 0.2) is 0 Å². The zero-order valence-corrected chi connectivity index (χ0v) is 8.31. The summed E-state index contributed by atoms with van der Waals surface area (Å²) in [6.45, 7) is 4.83. The van der Waals surface area contributed by atoms with Crippen molar-refractivity contribution in [2.45, 2.75) is 31.8 Å². The van der Waals surface area contributed by atoms with E-state index in [1.807, 2.05) is 0 Å². The van der Waals surface area contributed by atoms with Gasteiger partial charge in [-0.1, -0.05) is 0 Å². The highest BCUT2D eigenvalue weighted by Crippen LogP contribution is 2.11. The van der Waals surface area contributed by atoms with Crippen molar-refractivity contribution in [3.05, 3.63) is 0 Å².